The molecule has 0 atom stereocenters. The van der Waals surface area contributed by atoms with Gasteiger partial charge in [0.25, 0.3) is 5.91 Å². The van der Waals surface area contributed by atoms with Gasteiger partial charge in [-0.1, -0.05) is 23.7 Å². The Morgan fingerprint density at radius 2 is 2.15 bits per heavy atom. The van der Waals surface area contributed by atoms with Crippen LogP contribution in [0, 0.1) is 0 Å². The summed E-state index contributed by atoms with van der Waals surface area (Å²) in [6, 6.07) is 13.2. The zero-order valence-electron chi connectivity index (χ0n) is 15.2. The average Bonchev–Trinajstić information content (AvgIpc) is 3.11. The molecule has 0 radical (unpaired) electrons. The van der Waals surface area contributed by atoms with Crippen LogP contribution in [0.2, 0.25) is 5.02 Å². The first-order valence-corrected chi connectivity index (χ1v) is 9.51. The van der Waals surface area contributed by atoms with Gasteiger partial charge in [0.05, 0.1) is 6.61 Å². The molecule has 27 heavy (non-hydrogen) atoms. The highest BCUT2D eigenvalue weighted by Gasteiger charge is 2.21. The normalized spacial score (nSPS) is 14.3. The standard InChI is InChI=1S/C22H21ClN2O2/c1-2-27-18-5-3-4-16(12-18)22(26)25-10-8-15(9-11-25)20-14-24-21-7-6-17(23)13-19(20)21/h3-8,12-14,24H,2,9-11H2,1H3. The van der Waals surface area contributed by atoms with Crippen molar-refractivity contribution in [1.29, 1.82) is 0 Å². The van der Waals surface area contributed by atoms with Crippen molar-refractivity contribution in [3.8, 4) is 5.75 Å². The van der Waals surface area contributed by atoms with Gasteiger partial charge in [-0.2, -0.15) is 0 Å². The largest absolute Gasteiger partial charge is 0.494 e. The number of ether oxygens (including phenoxy) is 1. The number of nitrogens with one attached hydrogen (secondary N) is 1. The smallest absolute Gasteiger partial charge is 0.254 e. The lowest BCUT2D eigenvalue weighted by atomic mass is 9.98. The van der Waals surface area contributed by atoms with Crippen molar-refractivity contribution in [2.24, 2.45) is 0 Å². The highest BCUT2D eigenvalue weighted by atomic mass is 35.5. The van der Waals surface area contributed by atoms with Crippen molar-refractivity contribution in [1.82, 2.24) is 9.88 Å². The predicted molar refractivity (Wildman–Crippen MR) is 109 cm³/mol. The molecule has 5 heteroatoms. The maximum absolute atomic E-state index is 12.8. The van der Waals surface area contributed by atoms with E-state index in [0.717, 1.165) is 33.7 Å². The van der Waals surface area contributed by atoms with Crippen LogP contribution in [0.3, 0.4) is 0 Å². The highest BCUT2D eigenvalue weighted by molar-refractivity contribution is 6.31. The summed E-state index contributed by atoms with van der Waals surface area (Å²) < 4.78 is 5.50. The van der Waals surface area contributed by atoms with Gasteiger partial charge in [-0.05, 0) is 55.3 Å². The Balaban J connectivity index is 1.53. The van der Waals surface area contributed by atoms with Crippen LogP contribution in [0.1, 0.15) is 29.3 Å². The highest BCUT2D eigenvalue weighted by Crippen LogP contribution is 2.31. The van der Waals surface area contributed by atoms with Crippen LogP contribution in [0.4, 0.5) is 0 Å². The first kappa shape index (κ1) is 17.7. The molecule has 1 aromatic heterocycles. The van der Waals surface area contributed by atoms with Crippen LogP contribution in [0.15, 0.2) is 54.7 Å². The van der Waals surface area contributed by atoms with E-state index in [1.54, 1.807) is 0 Å². The SMILES string of the molecule is CCOc1cccc(C(=O)N2CC=C(c3c[nH]c4ccc(Cl)cc34)CC2)c1. The molecule has 1 N–H and O–H groups in total. The van der Waals surface area contributed by atoms with Gasteiger partial charge in [0.2, 0.25) is 0 Å². The Bertz CT molecular complexity index is 1020. The number of carbonyl (C=O) groups excluding carboxylic acids is 1. The van der Waals surface area contributed by atoms with Crippen molar-refractivity contribution >= 4 is 34.0 Å². The lowest BCUT2D eigenvalue weighted by Crippen LogP contribution is -2.34. The summed E-state index contributed by atoms with van der Waals surface area (Å²) in [5, 5.41) is 1.85. The molecule has 0 saturated heterocycles. The summed E-state index contributed by atoms with van der Waals surface area (Å²) in [5.74, 6) is 0.765. The number of benzene rings is 2. The summed E-state index contributed by atoms with van der Waals surface area (Å²) >= 11 is 6.16. The third kappa shape index (κ3) is 3.58. The van der Waals surface area contributed by atoms with Gasteiger partial charge in [0.15, 0.2) is 0 Å². The Morgan fingerprint density at radius 3 is 2.93 bits per heavy atom. The number of H-pyrrole nitrogens is 1. The molecule has 0 aliphatic carbocycles. The molecule has 0 bridgehead atoms. The fourth-order valence-corrected chi connectivity index (χ4v) is 3.70. The Labute approximate surface area is 163 Å². The van der Waals surface area contributed by atoms with Crippen molar-refractivity contribution in [3.05, 3.63) is 70.9 Å². The number of halogens is 1. The number of aromatic amines is 1. The summed E-state index contributed by atoms with van der Waals surface area (Å²) in [7, 11) is 0. The minimum absolute atomic E-state index is 0.0359. The maximum Gasteiger partial charge on any atom is 0.254 e. The lowest BCUT2D eigenvalue weighted by Gasteiger charge is -2.26. The van der Waals surface area contributed by atoms with Gasteiger partial charge < -0.3 is 14.6 Å². The summed E-state index contributed by atoms with van der Waals surface area (Å²) in [4.78, 5) is 18.0. The summed E-state index contributed by atoms with van der Waals surface area (Å²) in [6.07, 6.45) is 4.98. The van der Waals surface area contributed by atoms with Crippen LogP contribution in [0.25, 0.3) is 16.5 Å². The molecule has 2 aromatic carbocycles. The fraction of sp³-hybridized carbons (Fsp3) is 0.227. The lowest BCUT2D eigenvalue weighted by molar-refractivity contribution is 0.0772. The van der Waals surface area contributed by atoms with E-state index >= 15 is 0 Å². The second kappa shape index (κ2) is 7.49. The average molecular weight is 381 g/mol. The van der Waals surface area contributed by atoms with Crippen molar-refractivity contribution in [3.63, 3.8) is 0 Å². The van der Waals surface area contributed by atoms with E-state index in [1.165, 1.54) is 5.57 Å². The number of carbonyl (C=O) groups is 1. The molecule has 3 aromatic rings. The molecule has 0 saturated carbocycles. The van der Waals surface area contributed by atoms with Crippen molar-refractivity contribution < 1.29 is 9.53 Å². The molecule has 1 aliphatic rings. The second-order valence-electron chi connectivity index (χ2n) is 6.58. The van der Waals surface area contributed by atoms with Crippen molar-refractivity contribution in [2.45, 2.75) is 13.3 Å². The van der Waals surface area contributed by atoms with Gasteiger partial charge in [0, 0.05) is 46.3 Å². The third-order valence-corrected chi connectivity index (χ3v) is 5.11. The van der Waals surface area contributed by atoms with Crippen LogP contribution in [0.5, 0.6) is 5.75 Å². The molecule has 0 fully saturated rings. The second-order valence-corrected chi connectivity index (χ2v) is 7.02. The first-order chi connectivity index (χ1) is 13.2. The van der Waals surface area contributed by atoms with Gasteiger partial charge >= 0.3 is 0 Å². The number of rotatable bonds is 4. The van der Waals surface area contributed by atoms with E-state index in [2.05, 4.69) is 11.1 Å². The minimum atomic E-state index is 0.0359. The predicted octanol–water partition coefficient (Wildman–Crippen LogP) is 5.15. The van der Waals surface area contributed by atoms with Crippen molar-refractivity contribution in [2.75, 3.05) is 19.7 Å². The molecule has 1 amide bonds. The molecule has 0 spiro atoms. The Kier molecular flexibility index (Phi) is 4.90. The van der Waals surface area contributed by atoms with E-state index in [9.17, 15) is 4.79 Å². The van der Waals surface area contributed by atoms with Gasteiger partial charge in [-0.15, -0.1) is 0 Å². The molecular formula is C22H21ClN2O2. The van der Waals surface area contributed by atoms with Crippen LogP contribution in [-0.2, 0) is 0 Å². The molecule has 4 rings (SSSR count). The first-order valence-electron chi connectivity index (χ1n) is 9.14. The monoisotopic (exact) mass is 380 g/mol. The number of fused-ring (bicyclic) bond motifs is 1. The molecule has 0 unspecified atom stereocenters. The molecule has 2 heterocycles. The summed E-state index contributed by atoms with van der Waals surface area (Å²) in [6.45, 7) is 3.81. The van der Waals surface area contributed by atoms with Crippen LogP contribution >= 0.6 is 11.6 Å². The van der Waals surface area contributed by atoms with Crippen LogP contribution < -0.4 is 4.74 Å². The van der Waals surface area contributed by atoms with E-state index < -0.39 is 0 Å². The fourth-order valence-electron chi connectivity index (χ4n) is 3.52. The third-order valence-electron chi connectivity index (χ3n) is 4.88. The number of hydrogen-bond donors (Lipinski definition) is 1. The molecule has 1 aliphatic heterocycles. The number of amides is 1. The molecule has 4 nitrogen and oxygen atoms in total. The molecular weight excluding hydrogens is 360 g/mol. The zero-order valence-corrected chi connectivity index (χ0v) is 15.9. The quantitative estimate of drug-likeness (QED) is 0.680. The maximum atomic E-state index is 12.8. The van der Waals surface area contributed by atoms with Gasteiger partial charge in [0.1, 0.15) is 5.75 Å². The van der Waals surface area contributed by atoms with Crippen LogP contribution in [-0.4, -0.2) is 35.5 Å². The number of hydrogen-bond acceptors (Lipinski definition) is 2. The van der Waals surface area contributed by atoms with E-state index in [-0.39, 0.29) is 5.91 Å². The Morgan fingerprint density at radius 1 is 1.26 bits per heavy atom. The van der Waals surface area contributed by atoms with Gasteiger partial charge in [-0.3, -0.25) is 4.79 Å². The van der Waals surface area contributed by atoms with Gasteiger partial charge in [-0.25, -0.2) is 0 Å². The molecule has 138 valence electrons. The number of nitrogens with zero attached hydrogens (tertiary/aromatic N) is 1. The van der Waals surface area contributed by atoms with E-state index in [1.807, 2.05) is 60.5 Å². The summed E-state index contributed by atoms with van der Waals surface area (Å²) in [5.41, 5.74) is 4.15. The van der Waals surface area contributed by atoms with E-state index in [4.69, 9.17) is 16.3 Å². The minimum Gasteiger partial charge on any atom is -0.494 e. The number of aromatic nitrogens is 1. The van der Waals surface area contributed by atoms with E-state index in [0.29, 0.717) is 25.3 Å². The Hall–Kier alpha value is -2.72. The zero-order chi connectivity index (χ0) is 18.8. The topological polar surface area (TPSA) is 45.3 Å².